The highest BCUT2D eigenvalue weighted by molar-refractivity contribution is 5.11. The quantitative estimate of drug-likeness (QED) is 0.724. The summed E-state index contributed by atoms with van der Waals surface area (Å²) in [6.45, 7) is 6.24. The molecule has 0 aromatic rings. The molecule has 0 aliphatic carbocycles. The van der Waals surface area contributed by atoms with E-state index in [1.807, 2.05) is 13.0 Å². The Labute approximate surface area is 91.4 Å². The Kier molecular flexibility index (Phi) is 4.13. The highest BCUT2D eigenvalue weighted by Crippen LogP contribution is 2.30. The molecule has 0 bridgehead atoms. The molecule has 0 aromatic heterocycles. The molecule has 1 heterocycles. The lowest BCUT2D eigenvalue weighted by molar-refractivity contribution is -0.105. The zero-order valence-electron chi connectivity index (χ0n) is 9.95. The van der Waals surface area contributed by atoms with Gasteiger partial charge in [-0.1, -0.05) is 13.8 Å². The standard InChI is InChI=1S/C11H21NO3/c1-5-9-8(2)10(14-7-13-4)6-11(3,12)15-9/h6,8-9H,5,7,12H2,1-4H3/t8?,9-,11?/m1/s1. The summed E-state index contributed by atoms with van der Waals surface area (Å²) in [4.78, 5) is 0. The van der Waals surface area contributed by atoms with Crippen molar-refractivity contribution < 1.29 is 14.2 Å². The Morgan fingerprint density at radius 1 is 1.60 bits per heavy atom. The smallest absolute Gasteiger partial charge is 0.188 e. The van der Waals surface area contributed by atoms with Crippen LogP contribution in [0.5, 0.6) is 0 Å². The summed E-state index contributed by atoms with van der Waals surface area (Å²) < 4.78 is 16.1. The predicted molar refractivity (Wildman–Crippen MR) is 58.0 cm³/mol. The zero-order chi connectivity index (χ0) is 11.5. The van der Waals surface area contributed by atoms with Gasteiger partial charge in [-0.15, -0.1) is 0 Å². The van der Waals surface area contributed by atoms with Crippen LogP contribution < -0.4 is 5.73 Å². The first-order chi connectivity index (χ1) is 7.00. The normalized spacial score (nSPS) is 36.2. The molecule has 3 atom stereocenters. The van der Waals surface area contributed by atoms with E-state index in [-0.39, 0.29) is 18.8 Å². The van der Waals surface area contributed by atoms with E-state index in [4.69, 9.17) is 19.9 Å². The van der Waals surface area contributed by atoms with E-state index in [1.54, 1.807) is 7.11 Å². The predicted octanol–water partition coefficient (Wildman–Crippen LogP) is 1.61. The van der Waals surface area contributed by atoms with Gasteiger partial charge >= 0.3 is 0 Å². The first kappa shape index (κ1) is 12.5. The number of methoxy groups -OCH3 is 1. The highest BCUT2D eigenvalue weighted by Gasteiger charge is 2.34. The highest BCUT2D eigenvalue weighted by atomic mass is 16.7. The summed E-state index contributed by atoms with van der Waals surface area (Å²) in [6.07, 6.45) is 2.85. The first-order valence-corrected chi connectivity index (χ1v) is 5.31. The van der Waals surface area contributed by atoms with Crippen LogP contribution in [0.3, 0.4) is 0 Å². The molecule has 1 aliphatic rings. The van der Waals surface area contributed by atoms with Gasteiger partial charge in [0.1, 0.15) is 11.5 Å². The molecule has 0 fully saturated rings. The number of nitrogens with two attached hydrogens (primary N) is 1. The molecule has 15 heavy (non-hydrogen) atoms. The van der Waals surface area contributed by atoms with Crippen molar-refractivity contribution in [2.24, 2.45) is 11.7 Å². The van der Waals surface area contributed by atoms with Gasteiger partial charge in [0, 0.05) is 13.0 Å². The lowest BCUT2D eigenvalue weighted by atomic mass is 9.94. The topological polar surface area (TPSA) is 53.7 Å². The molecular weight excluding hydrogens is 194 g/mol. The fourth-order valence-electron chi connectivity index (χ4n) is 1.80. The van der Waals surface area contributed by atoms with Crippen LogP contribution in [0.15, 0.2) is 11.8 Å². The third-order valence-corrected chi connectivity index (χ3v) is 2.59. The molecule has 0 aromatic carbocycles. The van der Waals surface area contributed by atoms with Crippen molar-refractivity contribution in [2.75, 3.05) is 13.9 Å². The van der Waals surface area contributed by atoms with Crippen LogP contribution in [0, 0.1) is 5.92 Å². The van der Waals surface area contributed by atoms with Gasteiger partial charge in [0.15, 0.2) is 6.79 Å². The van der Waals surface area contributed by atoms with E-state index in [2.05, 4.69) is 13.8 Å². The maximum atomic E-state index is 5.95. The van der Waals surface area contributed by atoms with Crippen molar-refractivity contribution in [2.45, 2.75) is 39.0 Å². The van der Waals surface area contributed by atoms with Gasteiger partial charge in [0.05, 0.1) is 6.10 Å². The van der Waals surface area contributed by atoms with Crippen molar-refractivity contribution in [3.8, 4) is 0 Å². The molecule has 0 spiro atoms. The lowest BCUT2D eigenvalue weighted by Gasteiger charge is -2.37. The molecule has 0 radical (unpaired) electrons. The van der Waals surface area contributed by atoms with Crippen LogP contribution in [0.25, 0.3) is 0 Å². The van der Waals surface area contributed by atoms with Gasteiger partial charge in [-0.05, 0) is 19.4 Å². The van der Waals surface area contributed by atoms with Crippen molar-refractivity contribution in [1.29, 1.82) is 0 Å². The largest absolute Gasteiger partial charge is 0.472 e. The van der Waals surface area contributed by atoms with Crippen LogP contribution in [0.4, 0.5) is 0 Å². The molecule has 4 heteroatoms. The molecule has 2 N–H and O–H groups in total. The summed E-state index contributed by atoms with van der Waals surface area (Å²) in [5.74, 6) is 1.08. The van der Waals surface area contributed by atoms with E-state index < -0.39 is 5.72 Å². The lowest BCUT2D eigenvalue weighted by Crippen LogP contribution is -2.47. The molecule has 0 saturated carbocycles. The average molecular weight is 215 g/mol. The third kappa shape index (κ3) is 3.19. The van der Waals surface area contributed by atoms with Crippen LogP contribution in [-0.4, -0.2) is 25.7 Å². The van der Waals surface area contributed by atoms with Crippen molar-refractivity contribution >= 4 is 0 Å². The van der Waals surface area contributed by atoms with E-state index in [1.165, 1.54) is 0 Å². The Balaban J connectivity index is 2.76. The fraction of sp³-hybridized carbons (Fsp3) is 0.818. The molecule has 0 saturated heterocycles. The maximum Gasteiger partial charge on any atom is 0.188 e. The van der Waals surface area contributed by atoms with Crippen molar-refractivity contribution in [3.05, 3.63) is 11.8 Å². The van der Waals surface area contributed by atoms with Crippen LogP contribution in [0.1, 0.15) is 27.2 Å². The van der Waals surface area contributed by atoms with Gasteiger partial charge in [-0.2, -0.15) is 0 Å². The Bertz CT molecular complexity index is 238. The molecule has 4 nitrogen and oxygen atoms in total. The van der Waals surface area contributed by atoms with Gasteiger partial charge in [0.2, 0.25) is 0 Å². The molecule has 0 amide bonds. The monoisotopic (exact) mass is 215 g/mol. The summed E-state index contributed by atoms with van der Waals surface area (Å²) in [7, 11) is 1.60. The minimum Gasteiger partial charge on any atom is -0.472 e. The summed E-state index contributed by atoms with van der Waals surface area (Å²) in [6, 6.07) is 0. The van der Waals surface area contributed by atoms with Gasteiger partial charge < -0.3 is 19.9 Å². The van der Waals surface area contributed by atoms with E-state index >= 15 is 0 Å². The minimum atomic E-state index is -0.740. The summed E-state index contributed by atoms with van der Waals surface area (Å²) >= 11 is 0. The Morgan fingerprint density at radius 2 is 2.27 bits per heavy atom. The maximum absolute atomic E-state index is 5.95. The minimum absolute atomic E-state index is 0.108. The van der Waals surface area contributed by atoms with E-state index in [0.717, 1.165) is 12.2 Å². The van der Waals surface area contributed by atoms with E-state index in [9.17, 15) is 0 Å². The van der Waals surface area contributed by atoms with Crippen LogP contribution in [-0.2, 0) is 14.2 Å². The summed E-state index contributed by atoms with van der Waals surface area (Å²) in [5, 5.41) is 0. The SMILES string of the molecule is CC[C@H]1OC(C)(N)C=C(OCOC)C1C. The second kappa shape index (κ2) is 4.96. The van der Waals surface area contributed by atoms with Gasteiger partial charge in [-0.25, -0.2) is 0 Å². The molecule has 1 aliphatic heterocycles. The average Bonchev–Trinajstić information content (AvgIpc) is 2.18. The van der Waals surface area contributed by atoms with Crippen molar-refractivity contribution in [1.82, 2.24) is 0 Å². The first-order valence-electron chi connectivity index (χ1n) is 5.31. The number of rotatable bonds is 4. The molecule has 1 rings (SSSR count). The number of hydrogen-bond donors (Lipinski definition) is 1. The second-order valence-corrected chi connectivity index (χ2v) is 4.13. The van der Waals surface area contributed by atoms with E-state index in [0.29, 0.717) is 0 Å². The Morgan fingerprint density at radius 3 is 2.80 bits per heavy atom. The van der Waals surface area contributed by atoms with Gasteiger partial charge in [0.25, 0.3) is 0 Å². The molecule has 88 valence electrons. The third-order valence-electron chi connectivity index (χ3n) is 2.59. The molecular formula is C11H21NO3. The van der Waals surface area contributed by atoms with Crippen LogP contribution in [0.2, 0.25) is 0 Å². The number of ether oxygens (including phenoxy) is 3. The number of hydrogen-bond acceptors (Lipinski definition) is 4. The summed E-state index contributed by atoms with van der Waals surface area (Å²) in [5.41, 5.74) is 5.21. The fourth-order valence-corrected chi connectivity index (χ4v) is 1.80. The Hall–Kier alpha value is -0.580. The van der Waals surface area contributed by atoms with Crippen LogP contribution >= 0.6 is 0 Å². The van der Waals surface area contributed by atoms with Crippen molar-refractivity contribution in [3.63, 3.8) is 0 Å². The van der Waals surface area contributed by atoms with Gasteiger partial charge in [-0.3, -0.25) is 0 Å². The zero-order valence-corrected chi connectivity index (χ0v) is 9.95. The molecule has 2 unspecified atom stereocenters. The second-order valence-electron chi connectivity index (χ2n) is 4.13.